The second-order valence-electron chi connectivity index (χ2n) is 7.57. The summed E-state index contributed by atoms with van der Waals surface area (Å²) in [5.74, 6) is 0. The predicted molar refractivity (Wildman–Crippen MR) is 111 cm³/mol. The average Bonchev–Trinajstić information content (AvgIpc) is 2.70. The van der Waals surface area contributed by atoms with Crippen LogP contribution in [0.15, 0.2) is 53.3 Å². The van der Waals surface area contributed by atoms with E-state index in [4.69, 9.17) is 5.26 Å². The van der Waals surface area contributed by atoms with Gasteiger partial charge in [-0.25, -0.2) is 0 Å². The zero-order valence-electron chi connectivity index (χ0n) is 16.1. The first kappa shape index (κ1) is 18.4. The highest BCUT2D eigenvalue weighted by Gasteiger charge is 2.18. The molecule has 0 bridgehead atoms. The van der Waals surface area contributed by atoms with Crippen LogP contribution in [-0.4, -0.2) is 41.0 Å². The van der Waals surface area contributed by atoms with Gasteiger partial charge in [0.1, 0.15) is 0 Å². The van der Waals surface area contributed by atoms with E-state index in [2.05, 4.69) is 26.9 Å². The van der Waals surface area contributed by atoms with E-state index in [1.54, 1.807) is 6.07 Å². The summed E-state index contributed by atoms with van der Waals surface area (Å²) in [5.41, 5.74) is 4.96. The summed E-state index contributed by atoms with van der Waals surface area (Å²) >= 11 is 0. The van der Waals surface area contributed by atoms with E-state index in [0.29, 0.717) is 5.56 Å². The zero-order valence-corrected chi connectivity index (χ0v) is 16.1. The number of rotatable bonds is 4. The first-order valence-corrected chi connectivity index (χ1v) is 9.67. The third-order valence-electron chi connectivity index (χ3n) is 5.36. The van der Waals surface area contributed by atoms with Gasteiger partial charge in [-0.1, -0.05) is 23.8 Å². The van der Waals surface area contributed by atoms with E-state index < -0.39 is 0 Å². The molecule has 5 nitrogen and oxygen atoms in total. The second kappa shape index (κ2) is 7.97. The Morgan fingerprint density at radius 1 is 1.00 bits per heavy atom. The molecule has 1 aliphatic heterocycles. The Kier molecular flexibility index (Phi) is 5.25. The van der Waals surface area contributed by atoms with Gasteiger partial charge in [-0.2, -0.15) is 5.26 Å². The Balaban J connectivity index is 1.38. The van der Waals surface area contributed by atoms with Crippen LogP contribution < -0.4 is 5.43 Å². The number of H-pyrrole nitrogens is 1. The minimum atomic E-state index is 0.0865. The maximum absolute atomic E-state index is 12.4. The number of hydrogen-bond acceptors (Lipinski definition) is 4. The van der Waals surface area contributed by atoms with Crippen LogP contribution in [0.3, 0.4) is 0 Å². The highest BCUT2D eigenvalue weighted by Crippen LogP contribution is 2.14. The van der Waals surface area contributed by atoms with Gasteiger partial charge < -0.3 is 4.98 Å². The monoisotopic (exact) mass is 372 g/mol. The minimum absolute atomic E-state index is 0.0865. The molecule has 0 radical (unpaired) electrons. The van der Waals surface area contributed by atoms with Crippen LogP contribution in [0, 0.1) is 18.3 Å². The number of aromatic amines is 1. The molecule has 142 valence electrons. The first-order valence-electron chi connectivity index (χ1n) is 9.67. The topological polar surface area (TPSA) is 63.1 Å². The van der Waals surface area contributed by atoms with Crippen LogP contribution >= 0.6 is 0 Å². The van der Waals surface area contributed by atoms with Crippen molar-refractivity contribution in [3.8, 4) is 6.07 Å². The number of fused-ring (bicyclic) bond motifs is 1. The van der Waals surface area contributed by atoms with Crippen molar-refractivity contribution in [3.05, 3.63) is 81.1 Å². The first-order chi connectivity index (χ1) is 13.6. The van der Waals surface area contributed by atoms with E-state index in [0.717, 1.165) is 61.4 Å². The minimum Gasteiger partial charge on any atom is -0.357 e. The van der Waals surface area contributed by atoms with Gasteiger partial charge >= 0.3 is 0 Å². The number of aromatic nitrogens is 1. The van der Waals surface area contributed by atoms with Crippen molar-refractivity contribution in [2.75, 3.05) is 26.2 Å². The van der Waals surface area contributed by atoms with Gasteiger partial charge in [0.2, 0.25) is 0 Å². The number of aryl methyl sites for hydroxylation is 1. The van der Waals surface area contributed by atoms with E-state index in [1.807, 2.05) is 43.3 Å². The molecule has 0 unspecified atom stereocenters. The van der Waals surface area contributed by atoms with E-state index in [-0.39, 0.29) is 5.43 Å². The predicted octanol–water partition coefficient (Wildman–Crippen LogP) is 3.03. The van der Waals surface area contributed by atoms with Gasteiger partial charge in [0.25, 0.3) is 0 Å². The molecule has 1 N–H and O–H groups in total. The van der Waals surface area contributed by atoms with Crippen LogP contribution in [0.5, 0.6) is 0 Å². The molecule has 0 saturated carbocycles. The van der Waals surface area contributed by atoms with Crippen LogP contribution in [-0.2, 0) is 13.1 Å². The van der Waals surface area contributed by atoms with Crippen LogP contribution in [0.2, 0.25) is 0 Å². The van der Waals surface area contributed by atoms with Crippen molar-refractivity contribution >= 4 is 10.9 Å². The number of hydrogen-bond donors (Lipinski definition) is 1. The Labute approximate surface area is 164 Å². The fourth-order valence-corrected chi connectivity index (χ4v) is 3.85. The van der Waals surface area contributed by atoms with Gasteiger partial charge in [0, 0.05) is 61.9 Å². The summed E-state index contributed by atoms with van der Waals surface area (Å²) in [6.45, 7) is 7.52. The number of nitriles is 1. The molecular formula is C23H24N4O. The molecule has 0 aliphatic carbocycles. The third kappa shape index (κ3) is 4.14. The standard InChI is InChI=1S/C23H24N4O/c1-17-5-6-22-21(11-17)23(28)13-20(25-22)16-27-9-7-26(8-10-27)15-19-4-2-3-18(12-19)14-24/h2-6,11-13H,7-10,15-16H2,1H3,(H,25,28). The SMILES string of the molecule is Cc1ccc2[nH]c(CN3CCN(Cc4cccc(C#N)c4)CC3)cc(=O)c2c1. The lowest BCUT2D eigenvalue weighted by Gasteiger charge is -2.34. The zero-order chi connectivity index (χ0) is 19.5. The van der Waals surface area contributed by atoms with Crippen molar-refractivity contribution in [2.24, 2.45) is 0 Å². The van der Waals surface area contributed by atoms with Gasteiger partial charge in [-0.15, -0.1) is 0 Å². The summed E-state index contributed by atoms with van der Waals surface area (Å²) in [5, 5.41) is 9.80. The molecule has 0 amide bonds. The number of nitrogens with zero attached hydrogens (tertiary/aromatic N) is 3. The van der Waals surface area contributed by atoms with Crippen LogP contribution in [0.4, 0.5) is 0 Å². The Hall–Kier alpha value is -2.94. The van der Waals surface area contributed by atoms with E-state index in [9.17, 15) is 4.79 Å². The fraction of sp³-hybridized carbons (Fsp3) is 0.304. The molecule has 5 heteroatoms. The Morgan fingerprint density at radius 3 is 2.50 bits per heavy atom. The smallest absolute Gasteiger partial charge is 0.189 e. The summed E-state index contributed by atoms with van der Waals surface area (Å²) in [6, 6.07) is 17.7. The van der Waals surface area contributed by atoms with Crippen molar-refractivity contribution in [3.63, 3.8) is 0 Å². The van der Waals surface area contributed by atoms with Crippen molar-refractivity contribution < 1.29 is 0 Å². The molecule has 28 heavy (non-hydrogen) atoms. The Bertz CT molecular complexity index is 1090. The molecule has 0 spiro atoms. The molecule has 3 aromatic rings. The summed E-state index contributed by atoms with van der Waals surface area (Å²) in [7, 11) is 0. The highest BCUT2D eigenvalue weighted by atomic mass is 16.1. The normalized spacial score (nSPS) is 15.6. The molecule has 4 rings (SSSR count). The van der Waals surface area contributed by atoms with Gasteiger partial charge in [0.15, 0.2) is 5.43 Å². The Morgan fingerprint density at radius 2 is 1.75 bits per heavy atom. The molecule has 2 heterocycles. The number of pyridine rings is 1. The fourth-order valence-electron chi connectivity index (χ4n) is 3.85. The maximum atomic E-state index is 12.4. The lowest BCUT2D eigenvalue weighted by molar-refractivity contribution is 0.121. The van der Waals surface area contributed by atoms with Crippen molar-refractivity contribution in [1.29, 1.82) is 5.26 Å². The molecular weight excluding hydrogens is 348 g/mol. The maximum Gasteiger partial charge on any atom is 0.189 e. The third-order valence-corrected chi connectivity index (χ3v) is 5.36. The largest absolute Gasteiger partial charge is 0.357 e. The lowest BCUT2D eigenvalue weighted by Crippen LogP contribution is -2.45. The molecule has 1 fully saturated rings. The summed E-state index contributed by atoms with van der Waals surface area (Å²) in [4.78, 5) is 20.6. The molecule has 1 aromatic heterocycles. The highest BCUT2D eigenvalue weighted by molar-refractivity contribution is 5.79. The molecule has 1 aliphatic rings. The number of nitrogens with one attached hydrogen (secondary N) is 1. The van der Waals surface area contributed by atoms with E-state index in [1.165, 1.54) is 5.56 Å². The number of benzene rings is 2. The van der Waals surface area contributed by atoms with Crippen molar-refractivity contribution in [1.82, 2.24) is 14.8 Å². The van der Waals surface area contributed by atoms with Gasteiger partial charge in [-0.3, -0.25) is 14.6 Å². The van der Waals surface area contributed by atoms with Crippen LogP contribution in [0.25, 0.3) is 10.9 Å². The number of piperazine rings is 1. The lowest BCUT2D eigenvalue weighted by atomic mass is 10.1. The average molecular weight is 372 g/mol. The van der Waals surface area contributed by atoms with Gasteiger partial charge in [-0.05, 0) is 36.8 Å². The van der Waals surface area contributed by atoms with Crippen molar-refractivity contribution in [2.45, 2.75) is 20.0 Å². The molecule has 1 saturated heterocycles. The van der Waals surface area contributed by atoms with Gasteiger partial charge in [0.05, 0.1) is 11.6 Å². The summed E-state index contributed by atoms with van der Waals surface area (Å²) < 4.78 is 0. The molecule has 2 aromatic carbocycles. The molecule has 0 atom stereocenters. The quantitative estimate of drug-likeness (QED) is 0.765. The van der Waals surface area contributed by atoms with E-state index >= 15 is 0 Å². The van der Waals surface area contributed by atoms with Crippen LogP contribution in [0.1, 0.15) is 22.4 Å². The second-order valence-corrected chi connectivity index (χ2v) is 7.57. The summed E-state index contributed by atoms with van der Waals surface area (Å²) in [6.07, 6.45) is 0.